The van der Waals surface area contributed by atoms with Crippen LogP contribution in [0.25, 0.3) is 0 Å². The van der Waals surface area contributed by atoms with Crippen LogP contribution in [0.4, 0.5) is 0 Å². The Balaban J connectivity index is 2.04. The maximum Gasteiger partial charge on any atom is 0.115 e. The Hall–Kier alpha value is -1.03. The van der Waals surface area contributed by atoms with Gasteiger partial charge in [0.05, 0.1) is 0 Å². The van der Waals surface area contributed by atoms with Gasteiger partial charge < -0.3 is 5.11 Å². The molecular weight excluding hydrogens is 335 g/mol. The molecule has 2 heteroatoms. The van der Waals surface area contributed by atoms with E-state index in [-0.39, 0.29) is 5.41 Å². The summed E-state index contributed by atoms with van der Waals surface area (Å²) in [5.74, 6) is 0.343. The van der Waals surface area contributed by atoms with Crippen molar-refractivity contribution >= 4 is 22.6 Å². The van der Waals surface area contributed by atoms with E-state index in [1.807, 2.05) is 0 Å². The summed E-state index contributed by atoms with van der Waals surface area (Å²) in [5, 5.41) is 9.42. The van der Waals surface area contributed by atoms with Crippen molar-refractivity contribution in [1.82, 2.24) is 0 Å². The lowest BCUT2D eigenvalue weighted by molar-refractivity contribution is 0.301. The first-order valence-electron chi connectivity index (χ1n) is 6.26. The summed E-state index contributed by atoms with van der Waals surface area (Å²) in [5.41, 5.74) is 2.91. The molecule has 3 rings (SSSR count). The van der Waals surface area contributed by atoms with Crippen molar-refractivity contribution in [3.63, 3.8) is 0 Å². The van der Waals surface area contributed by atoms with Gasteiger partial charge in [-0.05, 0) is 70.8 Å². The average molecular weight is 350 g/mol. The molecule has 0 amide bonds. The third kappa shape index (κ3) is 1.92. The highest BCUT2D eigenvalue weighted by atomic mass is 127. The first-order chi connectivity index (χ1) is 8.71. The molecule has 2 aromatic rings. The first-order valence-corrected chi connectivity index (χ1v) is 7.34. The van der Waals surface area contributed by atoms with Crippen molar-refractivity contribution in [2.75, 3.05) is 0 Å². The Kier molecular flexibility index (Phi) is 3.06. The van der Waals surface area contributed by atoms with E-state index in [2.05, 4.69) is 59.0 Å². The molecule has 18 heavy (non-hydrogen) atoms. The van der Waals surface area contributed by atoms with Crippen LogP contribution in [-0.4, -0.2) is 5.11 Å². The van der Waals surface area contributed by atoms with Crippen molar-refractivity contribution in [3.8, 4) is 5.75 Å². The minimum Gasteiger partial charge on any atom is -0.508 e. The van der Waals surface area contributed by atoms with Gasteiger partial charge in [-0.3, -0.25) is 0 Å². The molecule has 0 spiro atoms. The number of phenolic OH excluding ortho intramolecular Hbond substituents is 1. The highest BCUT2D eigenvalue weighted by molar-refractivity contribution is 14.1. The van der Waals surface area contributed by atoms with E-state index in [4.69, 9.17) is 0 Å². The molecule has 1 saturated carbocycles. The maximum absolute atomic E-state index is 9.42. The lowest BCUT2D eigenvalue weighted by Crippen LogP contribution is -2.35. The van der Waals surface area contributed by atoms with Gasteiger partial charge >= 0.3 is 0 Å². The second-order valence-corrected chi connectivity index (χ2v) is 6.24. The third-order valence-corrected chi connectivity index (χ3v) is 4.74. The molecule has 0 radical (unpaired) electrons. The fourth-order valence-corrected chi connectivity index (χ4v) is 3.18. The van der Waals surface area contributed by atoms with E-state index in [0.717, 1.165) is 0 Å². The quantitative estimate of drug-likeness (QED) is 0.793. The molecule has 1 N–H and O–H groups in total. The fraction of sp³-hybridized carbons (Fsp3) is 0.250. The van der Waals surface area contributed by atoms with Gasteiger partial charge in [-0.15, -0.1) is 0 Å². The topological polar surface area (TPSA) is 20.2 Å². The number of hydrogen-bond acceptors (Lipinski definition) is 1. The van der Waals surface area contributed by atoms with Crippen LogP contribution in [-0.2, 0) is 5.41 Å². The van der Waals surface area contributed by atoms with Crippen molar-refractivity contribution in [1.29, 1.82) is 0 Å². The van der Waals surface area contributed by atoms with E-state index < -0.39 is 0 Å². The largest absolute Gasteiger partial charge is 0.508 e. The monoisotopic (exact) mass is 350 g/mol. The van der Waals surface area contributed by atoms with Crippen LogP contribution in [0.5, 0.6) is 5.75 Å². The van der Waals surface area contributed by atoms with Gasteiger partial charge in [-0.1, -0.05) is 30.7 Å². The molecule has 0 heterocycles. The molecule has 0 bridgehead atoms. The van der Waals surface area contributed by atoms with Gasteiger partial charge in [-0.25, -0.2) is 0 Å². The van der Waals surface area contributed by atoms with Crippen molar-refractivity contribution in [2.45, 2.75) is 24.7 Å². The molecule has 1 nitrogen and oxygen atoms in total. The van der Waals surface area contributed by atoms with Crippen LogP contribution in [0.3, 0.4) is 0 Å². The van der Waals surface area contributed by atoms with E-state index in [1.165, 1.54) is 34.0 Å². The second-order valence-electron chi connectivity index (χ2n) is 4.99. The van der Waals surface area contributed by atoms with Crippen LogP contribution in [0.2, 0.25) is 0 Å². The molecule has 0 aromatic heterocycles. The van der Waals surface area contributed by atoms with E-state index in [0.29, 0.717) is 5.75 Å². The number of rotatable bonds is 2. The van der Waals surface area contributed by atoms with Crippen LogP contribution in [0, 0.1) is 3.57 Å². The lowest BCUT2D eigenvalue weighted by atomic mass is 9.60. The van der Waals surface area contributed by atoms with Gasteiger partial charge in [-0.2, -0.15) is 0 Å². The lowest BCUT2D eigenvalue weighted by Gasteiger charge is -2.43. The summed E-state index contributed by atoms with van der Waals surface area (Å²) in [6.45, 7) is 0. The number of benzene rings is 2. The van der Waals surface area contributed by atoms with Crippen molar-refractivity contribution < 1.29 is 5.11 Å². The molecule has 1 aliphatic rings. The molecule has 1 fully saturated rings. The number of aromatic hydroxyl groups is 1. The molecule has 0 saturated heterocycles. The standard InChI is InChI=1S/C16H15IO/c17-14-6-2-12(3-7-14)16(10-1-11-16)13-4-8-15(18)9-5-13/h2-9,18H,1,10-11H2. The Bertz CT molecular complexity index is 491. The van der Waals surface area contributed by atoms with E-state index in [1.54, 1.807) is 12.1 Å². The number of halogens is 1. The van der Waals surface area contributed by atoms with Gasteiger partial charge in [0.15, 0.2) is 0 Å². The van der Waals surface area contributed by atoms with Gasteiger partial charge in [0.2, 0.25) is 0 Å². The highest BCUT2D eigenvalue weighted by Crippen LogP contribution is 2.49. The zero-order chi connectivity index (χ0) is 12.6. The Morgan fingerprint density at radius 3 is 1.78 bits per heavy atom. The number of hydrogen-bond donors (Lipinski definition) is 1. The predicted octanol–water partition coefficient (Wildman–Crippen LogP) is 4.47. The zero-order valence-electron chi connectivity index (χ0n) is 10.1. The predicted molar refractivity (Wildman–Crippen MR) is 81.9 cm³/mol. The summed E-state index contributed by atoms with van der Waals surface area (Å²) >= 11 is 2.34. The third-order valence-electron chi connectivity index (χ3n) is 4.02. The summed E-state index contributed by atoms with van der Waals surface area (Å²) < 4.78 is 1.27. The van der Waals surface area contributed by atoms with Gasteiger partial charge in [0.1, 0.15) is 5.75 Å². The van der Waals surface area contributed by atoms with E-state index >= 15 is 0 Å². The zero-order valence-corrected chi connectivity index (χ0v) is 12.2. The Labute approximate surface area is 121 Å². The van der Waals surface area contributed by atoms with Crippen LogP contribution >= 0.6 is 22.6 Å². The molecule has 0 aliphatic heterocycles. The first kappa shape index (κ1) is 12.0. The fourth-order valence-electron chi connectivity index (χ4n) is 2.82. The minimum absolute atomic E-state index is 0.179. The van der Waals surface area contributed by atoms with Gasteiger partial charge in [0.25, 0.3) is 0 Å². The highest BCUT2D eigenvalue weighted by Gasteiger charge is 2.40. The smallest absolute Gasteiger partial charge is 0.115 e. The maximum atomic E-state index is 9.42. The van der Waals surface area contributed by atoms with Crippen molar-refractivity contribution in [3.05, 3.63) is 63.2 Å². The van der Waals surface area contributed by atoms with Crippen molar-refractivity contribution in [2.24, 2.45) is 0 Å². The minimum atomic E-state index is 0.179. The summed E-state index contributed by atoms with van der Waals surface area (Å²) in [6, 6.07) is 16.6. The summed E-state index contributed by atoms with van der Waals surface area (Å²) in [7, 11) is 0. The molecular formula is C16H15IO. The molecule has 1 aliphatic carbocycles. The summed E-state index contributed by atoms with van der Waals surface area (Å²) in [4.78, 5) is 0. The molecule has 0 atom stereocenters. The Morgan fingerprint density at radius 2 is 1.33 bits per heavy atom. The molecule has 2 aromatic carbocycles. The van der Waals surface area contributed by atoms with Crippen LogP contribution in [0.1, 0.15) is 30.4 Å². The molecule has 92 valence electrons. The average Bonchev–Trinajstić information content (AvgIpc) is 2.32. The van der Waals surface area contributed by atoms with E-state index in [9.17, 15) is 5.11 Å². The van der Waals surface area contributed by atoms with Crippen LogP contribution < -0.4 is 0 Å². The normalized spacial score (nSPS) is 17.2. The number of phenols is 1. The van der Waals surface area contributed by atoms with Gasteiger partial charge in [0, 0.05) is 8.99 Å². The second kappa shape index (κ2) is 4.57. The van der Waals surface area contributed by atoms with Crippen LogP contribution in [0.15, 0.2) is 48.5 Å². The Morgan fingerprint density at radius 1 is 0.833 bits per heavy atom. The molecule has 0 unspecified atom stereocenters. The SMILES string of the molecule is Oc1ccc(C2(c3ccc(I)cc3)CCC2)cc1. The summed E-state index contributed by atoms with van der Waals surface area (Å²) in [6.07, 6.45) is 3.70.